The summed E-state index contributed by atoms with van der Waals surface area (Å²) in [5.74, 6) is 0.461. The van der Waals surface area contributed by atoms with Gasteiger partial charge in [0.25, 0.3) is 0 Å². The van der Waals surface area contributed by atoms with Crippen molar-refractivity contribution >= 4 is 0 Å². The Morgan fingerprint density at radius 1 is 1.11 bits per heavy atom. The molecule has 0 saturated heterocycles. The van der Waals surface area contributed by atoms with Gasteiger partial charge >= 0.3 is 0 Å². The molecule has 1 fully saturated rings. The number of nitrogens with one attached hydrogen (secondary N) is 1. The van der Waals surface area contributed by atoms with E-state index >= 15 is 0 Å². The Morgan fingerprint density at radius 3 is 2.67 bits per heavy atom. The molecule has 0 aliphatic heterocycles. The number of hydrogen-bond donors (Lipinski definition) is 3. The van der Waals surface area contributed by atoms with Crippen molar-refractivity contribution in [1.82, 2.24) is 5.32 Å². The lowest BCUT2D eigenvalue weighted by atomic mass is 9.91. The zero-order chi connectivity index (χ0) is 12.5. The maximum absolute atomic E-state index is 9.85. The van der Waals surface area contributed by atoms with Crippen molar-refractivity contribution in [2.24, 2.45) is 5.73 Å². The summed E-state index contributed by atoms with van der Waals surface area (Å²) in [4.78, 5) is 0. The molecular formula is C15H22N2O. The molecule has 4 N–H and O–H groups in total. The number of phenols is 1. The van der Waals surface area contributed by atoms with Gasteiger partial charge < -0.3 is 16.2 Å². The minimum absolute atomic E-state index is 0.406. The summed E-state index contributed by atoms with van der Waals surface area (Å²) in [7, 11) is 0. The van der Waals surface area contributed by atoms with E-state index < -0.39 is 0 Å². The van der Waals surface area contributed by atoms with E-state index in [0.29, 0.717) is 23.9 Å². The SMILES string of the molecule is NC1CCC(NC2CCc3c(O)cccc32)CC1. The summed E-state index contributed by atoms with van der Waals surface area (Å²) in [6.07, 6.45) is 6.74. The van der Waals surface area contributed by atoms with Crippen LogP contribution in [0, 0.1) is 0 Å². The van der Waals surface area contributed by atoms with Gasteiger partial charge in [0.1, 0.15) is 5.75 Å². The summed E-state index contributed by atoms with van der Waals surface area (Å²) < 4.78 is 0. The van der Waals surface area contributed by atoms with Gasteiger partial charge in [0.15, 0.2) is 0 Å². The van der Waals surface area contributed by atoms with Crippen LogP contribution >= 0.6 is 0 Å². The number of rotatable bonds is 2. The molecule has 0 heterocycles. The van der Waals surface area contributed by atoms with Crippen LogP contribution in [-0.2, 0) is 6.42 Å². The van der Waals surface area contributed by atoms with E-state index in [4.69, 9.17) is 5.73 Å². The minimum atomic E-state index is 0.406. The first-order valence-corrected chi connectivity index (χ1v) is 7.06. The van der Waals surface area contributed by atoms with Gasteiger partial charge in [-0.25, -0.2) is 0 Å². The smallest absolute Gasteiger partial charge is 0.119 e. The molecule has 1 saturated carbocycles. The third-order valence-corrected chi connectivity index (χ3v) is 4.45. The van der Waals surface area contributed by atoms with Gasteiger partial charge in [-0.05, 0) is 55.7 Å². The Kier molecular flexibility index (Phi) is 3.27. The zero-order valence-electron chi connectivity index (χ0n) is 10.7. The highest BCUT2D eigenvalue weighted by atomic mass is 16.3. The maximum atomic E-state index is 9.85. The molecule has 0 amide bonds. The van der Waals surface area contributed by atoms with Crippen LogP contribution in [0.15, 0.2) is 18.2 Å². The van der Waals surface area contributed by atoms with Crippen LogP contribution in [-0.4, -0.2) is 17.2 Å². The summed E-state index contributed by atoms with van der Waals surface area (Å²) in [6.45, 7) is 0. The second-order valence-corrected chi connectivity index (χ2v) is 5.71. The molecule has 3 nitrogen and oxygen atoms in total. The second-order valence-electron chi connectivity index (χ2n) is 5.71. The monoisotopic (exact) mass is 246 g/mol. The number of nitrogens with two attached hydrogens (primary N) is 1. The van der Waals surface area contributed by atoms with E-state index in [9.17, 15) is 5.11 Å². The summed E-state index contributed by atoms with van der Waals surface area (Å²) in [5, 5.41) is 13.6. The Hall–Kier alpha value is -1.06. The van der Waals surface area contributed by atoms with Gasteiger partial charge in [0.05, 0.1) is 0 Å². The first-order valence-electron chi connectivity index (χ1n) is 7.06. The van der Waals surface area contributed by atoms with Crippen molar-refractivity contribution in [2.45, 2.75) is 56.7 Å². The number of hydrogen-bond acceptors (Lipinski definition) is 3. The minimum Gasteiger partial charge on any atom is -0.508 e. The number of phenolic OH excluding ortho intramolecular Hbond substituents is 1. The molecule has 3 heteroatoms. The molecule has 98 valence electrons. The molecule has 2 aliphatic rings. The molecule has 1 atom stereocenters. The molecule has 0 aromatic heterocycles. The van der Waals surface area contributed by atoms with Gasteiger partial charge in [-0.1, -0.05) is 12.1 Å². The highest BCUT2D eigenvalue weighted by molar-refractivity contribution is 5.44. The Balaban J connectivity index is 1.68. The Labute approximate surface area is 108 Å². The van der Waals surface area contributed by atoms with Crippen molar-refractivity contribution in [3.63, 3.8) is 0 Å². The zero-order valence-corrected chi connectivity index (χ0v) is 10.7. The summed E-state index contributed by atoms with van der Waals surface area (Å²) in [5.41, 5.74) is 8.38. The molecule has 1 aromatic carbocycles. The first-order chi connectivity index (χ1) is 8.74. The second kappa shape index (κ2) is 4.90. The fourth-order valence-corrected chi connectivity index (χ4v) is 3.38. The van der Waals surface area contributed by atoms with E-state index in [1.165, 1.54) is 18.4 Å². The highest BCUT2D eigenvalue weighted by Crippen LogP contribution is 2.37. The van der Waals surface area contributed by atoms with E-state index in [0.717, 1.165) is 31.2 Å². The first kappa shape index (κ1) is 12.0. The highest BCUT2D eigenvalue weighted by Gasteiger charge is 2.27. The van der Waals surface area contributed by atoms with Gasteiger partial charge in [0, 0.05) is 18.1 Å². The third kappa shape index (κ3) is 2.25. The van der Waals surface area contributed by atoms with Crippen LogP contribution in [0.2, 0.25) is 0 Å². The van der Waals surface area contributed by atoms with Crippen LogP contribution in [0.1, 0.15) is 49.3 Å². The largest absolute Gasteiger partial charge is 0.508 e. The molecule has 1 aromatic rings. The fraction of sp³-hybridized carbons (Fsp3) is 0.600. The predicted molar refractivity (Wildman–Crippen MR) is 72.5 cm³/mol. The molecule has 2 aliphatic carbocycles. The van der Waals surface area contributed by atoms with Crippen molar-refractivity contribution in [2.75, 3.05) is 0 Å². The molecule has 3 rings (SSSR count). The topological polar surface area (TPSA) is 58.3 Å². The van der Waals surface area contributed by atoms with Gasteiger partial charge in [-0.15, -0.1) is 0 Å². The molecular weight excluding hydrogens is 224 g/mol. The van der Waals surface area contributed by atoms with Crippen LogP contribution in [0.25, 0.3) is 0 Å². The van der Waals surface area contributed by atoms with Gasteiger partial charge in [-0.3, -0.25) is 0 Å². The molecule has 1 unspecified atom stereocenters. The number of benzene rings is 1. The van der Waals surface area contributed by atoms with E-state index in [1.807, 2.05) is 6.07 Å². The van der Waals surface area contributed by atoms with Gasteiger partial charge in [0.2, 0.25) is 0 Å². The van der Waals surface area contributed by atoms with Crippen LogP contribution in [0.5, 0.6) is 5.75 Å². The normalized spacial score (nSPS) is 31.3. The quantitative estimate of drug-likeness (QED) is 0.750. The van der Waals surface area contributed by atoms with Crippen LogP contribution < -0.4 is 11.1 Å². The lowest BCUT2D eigenvalue weighted by Crippen LogP contribution is -2.38. The lowest BCUT2D eigenvalue weighted by molar-refractivity contribution is 0.315. The van der Waals surface area contributed by atoms with E-state index in [2.05, 4.69) is 11.4 Å². The van der Waals surface area contributed by atoms with Crippen molar-refractivity contribution < 1.29 is 5.11 Å². The number of aromatic hydroxyl groups is 1. The predicted octanol–water partition coefficient (Wildman–Crippen LogP) is 2.24. The standard InChI is InChI=1S/C15H22N2O/c16-10-4-6-11(7-5-10)17-14-9-8-13-12(14)2-1-3-15(13)18/h1-3,10-11,14,17-18H,4-9,16H2. The van der Waals surface area contributed by atoms with E-state index in [1.54, 1.807) is 6.07 Å². The summed E-state index contributed by atoms with van der Waals surface area (Å²) in [6, 6.07) is 7.32. The van der Waals surface area contributed by atoms with Crippen LogP contribution in [0.3, 0.4) is 0 Å². The fourth-order valence-electron chi connectivity index (χ4n) is 3.38. The maximum Gasteiger partial charge on any atom is 0.119 e. The van der Waals surface area contributed by atoms with Crippen molar-refractivity contribution in [3.05, 3.63) is 29.3 Å². The third-order valence-electron chi connectivity index (χ3n) is 4.45. The van der Waals surface area contributed by atoms with Gasteiger partial charge in [-0.2, -0.15) is 0 Å². The van der Waals surface area contributed by atoms with E-state index in [-0.39, 0.29) is 0 Å². The Morgan fingerprint density at radius 2 is 1.89 bits per heavy atom. The van der Waals surface area contributed by atoms with Crippen molar-refractivity contribution in [1.29, 1.82) is 0 Å². The van der Waals surface area contributed by atoms with Crippen LogP contribution in [0.4, 0.5) is 0 Å². The number of fused-ring (bicyclic) bond motifs is 1. The molecule has 0 radical (unpaired) electrons. The molecule has 0 spiro atoms. The Bertz CT molecular complexity index is 425. The average Bonchev–Trinajstić information content (AvgIpc) is 2.77. The summed E-state index contributed by atoms with van der Waals surface area (Å²) >= 11 is 0. The average molecular weight is 246 g/mol. The lowest BCUT2D eigenvalue weighted by Gasteiger charge is -2.29. The van der Waals surface area contributed by atoms with Crippen molar-refractivity contribution in [3.8, 4) is 5.75 Å². The molecule has 18 heavy (non-hydrogen) atoms. The molecule has 0 bridgehead atoms.